The number of nitrogens with two attached hydrogens (primary N) is 2. The summed E-state index contributed by atoms with van der Waals surface area (Å²) < 4.78 is 1.78. The molecule has 0 aliphatic heterocycles. The third kappa shape index (κ3) is 2.91. The van der Waals surface area contributed by atoms with E-state index in [0.717, 1.165) is 31.6 Å². The zero-order valence-corrected chi connectivity index (χ0v) is 16.5. The summed E-state index contributed by atoms with van der Waals surface area (Å²) in [6.07, 6.45) is 5.12. The standard InChI is InChI=1S/C20H31N5O2/c1-11(2)10-25(16-6-15(18(21)26)23-24(16)3)17-13-4-12-5-14(17)9-20(7-12,8-13)19(22)27/h6,11-14,17H,4-5,7-10H2,1-3H3,(H2,21,26)(H2,22,27). The molecular formula is C20H31N5O2. The minimum atomic E-state index is -0.501. The summed E-state index contributed by atoms with van der Waals surface area (Å²) in [6.45, 7) is 5.31. The lowest BCUT2D eigenvalue weighted by Crippen LogP contribution is -2.62. The highest BCUT2D eigenvalue weighted by Gasteiger charge is 2.59. The van der Waals surface area contributed by atoms with Crippen LogP contribution in [0, 0.1) is 29.1 Å². The molecule has 2 unspecified atom stereocenters. The number of rotatable bonds is 6. The van der Waals surface area contributed by atoms with Gasteiger partial charge in [-0.2, -0.15) is 5.10 Å². The third-order valence-electron chi connectivity index (χ3n) is 7.07. The van der Waals surface area contributed by atoms with Crippen molar-refractivity contribution in [2.24, 2.45) is 47.6 Å². The monoisotopic (exact) mass is 373 g/mol. The van der Waals surface area contributed by atoms with Crippen molar-refractivity contribution >= 4 is 17.6 Å². The lowest BCUT2D eigenvalue weighted by molar-refractivity contribution is -0.144. The van der Waals surface area contributed by atoms with E-state index in [4.69, 9.17) is 11.5 Å². The van der Waals surface area contributed by atoms with Crippen LogP contribution >= 0.6 is 0 Å². The summed E-state index contributed by atoms with van der Waals surface area (Å²) in [4.78, 5) is 26.3. The first-order valence-electron chi connectivity index (χ1n) is 10.1. The first kappa shape index (κ1) is 18.3. The van der Waals surface area contributed by atoms with Gasteiger partial charge in [0.15, 0.2) is 5.69 Å². The maximum Gasteiger partial charge on any atom is 0.269 e. The molecule has 148 valence electrons. The Kier molecular flexibility index (Phi) is 4.24. The van der Waals surface area contributed by atoms with Crippen molar-refractivity contribution in [1.29, 1.82) is 0 Å². The zero-order valence-electron chi connectivity index (χ0n) is 16.5. The van der Waals surface area contributed by atoms with Gasteiger partial charge in [-0.1, -0.05) is 13.8 Å². The Hall–Kier alpha value is -2.05. The van der Waals surface area contributed by atoms with Gasteiger partial charge in [-0.15, -0.1) is 0 Å². The summed E-state index contributed by atoms with van der Waals surface area (Å²) in [5, 5.41) is 4.32. The van der Waals surface area contributed by atoms with Gasteiger partial charge in [0.05, 0.1) is 0 Å². The van der Waals surface area contributed by atoms with Gasteiger partial charge in [0.1, 0.15) is 5.82 Å². The molecule has 7 nitrogen and oxygen atoms in total. The molecular weight excluding hydrogens is 342 g/mol. The second kappa shape index (κ2) is 6.24. The van der Waals surface area contributed by atoms with Crippen molar-refractivity contribution in [3.63, 3.8) is 0 Å². The zero-order chi connectivity index (χ0) is 19.5. The van der Waals surface area contributed by atoms with E-state index >= 15 is 0 Å². The molecule has 4 aliphatic rings. The number of carbonyl (C=O) groups is 2. The van der Waals surface area contributed by atoms with Crippen LogP contribution in [0.3, 0.4) is 0 Å². The lowest BCUT2D eigenvalue weighted by atomic mass is 9.47. The van der Waals surface area contributed by atoms with E-state index in [-0.39, 0.29) is 11.3 Å². The number of aryl methyl sites for hydroxylation is 1. The van der Waals surface area contributed by atoms with Gasteiger partial charge in [0, 0.05) is 31.1 Å². The maximum atomic E-state index is 12.3. The van der Waals surface area contributed by atoms with Crippen molar-refractivity contribution in [2.75, 3.05) is 11.4 Å². The Morgan fingerprint density at radius 1 is 1.26 bits per heavy atom. The molecule has 0 radical (unpaired) electrons. The van der Waals surface area contributed by atoms with Crippen LogP contribution in [0.4, 0.5) is 5.82 Å². The third-order valence-corrected chi connectivity index (χ3v) is 7.07. The molecule has 4 N–H and O–H groups in total. The summed E-state index contributed by atoms with van der Waals surface area (Å²) in [7, 11) is 1.87. The highest BCUT2D eigenvalue weighted by atomic mass is 16.1. The number of hydrogen-bond acceptors (Lipinski definition) is 4. The molecule has 1 aromatic rings. The van der Waals surface area contributed by atoms with Crippen molar-refractivity contribution in [2.45, 2.75) is 52.0 Å². The predicted octanol–water partition coefficient (Wildman–Crippen LogP) is 1.66. The van der Waals surface area contributed by atoms with Crippen LogP contribution in [-0.4, -0.2) is 34.2 Å². The quantitative estimate of drug-likeness (QED) is 0.790. The molecule has 0 aromatic carbocycles. The number of hydrogen-bond donors (Lipinski definition) is 2. The average molecular weight is 374 g/mol. The molecule has 4 fully saturated rings. The van der Waals surface area contributed by atoms with Gasteiger partial charge in [0.2, 0.25) is 5.91 Å². The Balaban J connectivity index is 1.70. The van der Waals surface area contributed by atoms with E-state index in [9.17, 15) is 9.59 Å². The summed E-state index contributed by atoms with van der Waals surface area (Å²) in [6, 6.07) is 2.19. The first-order valence-corrected chi connectivity index (χ1v) is 10.1. The molecule has 4 bridgehead atoms. The maximum absolute atomic E-state index is 12.3. The average Bonchev–Trinajstić information content (AvgIpc) is 2.94. The van der Waals surface area contributed by atoms with Gasteiger partial charge in [0.25, 0.3) is 5.91 Å². The molecule has 5 rings (SSSR count). The number of amides is 2. The van der Waals surface area contributed by atoms with E-state index in [0.29, 0.717) is 35.4 Å². The summed E-state index contributed by atoms with van der Waals surface area (Å²) >= 11 is 0. The molecule has 4 aliphatic carbocycles. The lowest BCUT2D eigenvalue weighted by Gasteiger charge is -2.61. The molecule has 4 saturated carbocycles. The van der Waals surface area contributed by atoms with Crippen LogP contribution in [0.15, 0.2) is 6.07 Å². The van der Waals surface area contributed by atoms with Gasteiger partial charge in [-0.25, -0.2) is 0 Å². The number of carbonyl (C=O) groups excluding carboxylic acids is 2. The minimum absolute atomic E-state index is 0.104. The van der Waals surface area contributed by atoms with E-state index in [1.54, 1.807) is 4.68 Å². The Morgan fingerprint density at radius 2 is 1.89 bits per heavy atom. The highest BCUT2D eigenvalue weighted by Crippen LogP contribution is 2.61. The van der Waals surface area contributed by atoms with Crippen molar-refractivity contribution in [3.05, 3.63) is 11.8 Å². The number of anilines is 1. The van der Waals surface area contributed by atoms with E-state index in [2.05, 4.69) is 23.8 Å². The fourth-order valence-corrected chi connectivity index (χ4v) is 6.42. The molecule has 0 spiro atoms. The number of primary amides is 2. The van der Waals surface area contributed by atoms with Crippen LogP contribution in [0.2, 0.25) is 0 Å². The van der Waals surface area contributed by atoms with Crippen LogP contribution in [0.5, 0.6) is 0 Å². The smallest absolute Gasteiger partial charge is 0.269 e. The van der Waals surface area contributed by atoms with Gasteiger partial charge < -0.3 is 16.4 Å². The van der Waals surface area contributed by atoms with E-state index in [1.165, 1.54) is 12.8 Å². The molecule has 1 heterocycles. The predicted molar refractivity (Wildman–Crippen MR) is 103 cm³/mol. The Bertz CT molecular complexity index is 754. The molecule has 27 heavy (non-hydrogen) atoms. The summed E-state index contributed by atoms with van der Waals surface area (Å²) in [5.74, 6) is 2.37. The molecule has 2 amide bonds. The fourth-order valence-electron chi connectivity index (χ4n) is 6.42. The summed E-state index contributed by atoms with van der Waals surface area (Å²) in [5.41, 5.74) is 11.3. The Morgan fingerprint density at radius 3 is 2.37 bits per heavy atom. The molecule has 7 heteroatoms. The number of aromatic nitrogens is 2. The minimum Gasteiger partial charge on any atom is -0.369 e. The van der Waals surface area contributed by atoms with Gasteiger partial charge in [-0.3, -0.25) is 14.3 Å². The van der Waals surface area contributed by atoms with Gasteiger partial charge >= 0.3 is 0 Å². The second-order valence-corrected chi connectivity index (χ2v) is 9.53. The molecule has 0 saturated heterocycles. The van der Waals surface area contributed by atoms with Crippen LogP contribution in [0.25, 0.3) is 0 Å². The van der Waals surface area contributed by atoms with Crippen LogP contribution in [0.1, 0.15) is 56.4 Å². The Labute approximate surface area is 160 Å². The van der Waals surface area contributed by atoms with Crippen molar-refractivity contribution in [1.82, 2.24) is 9.78 Å². The second-order valence-electron chi connectivity index (χ2n) is 9.53. The van der Waals surface area contributed by atoms with Crippen molar-refractivity contribution in [3.8, 4) is 0 Å². The molecule has 2 atom stereocenters. The van der Waals surface area contributed by atoms with Crippen molar-refractivity contribution < 1.29 is 9.59 Å². The largest absolute Gasteiger partial charge is 0.369 e. The van der Waals surface area contributed by atoms with E-state index < -0.39 is 5.91 Å². The SMILES string of the molecule is CC(C)CN(c1cc(C(N)=O)nn1C)C1C2CC3CC1CC(C(N)=O)(C3)C2. The molecule has 1 aromatic heterocycles. The van der Waals surface area contributed by atoms with E-state index in [1.807, 2.05) is 13.1 Å². The topological polar surface area (TPSA) is 107 Å². The number of nitrogens with zero attached hydrogens (tertiary/aromatic N) is 3. The normalized spacial score (nSPS) is 34.2. The fraction of sp³-hybridized carbons (Fsp3) is 0.750. The van der Waals surface area contributed by atoms with Crippen LogP contribution in [-0.2, 0) is 11.8 Å². The highest BCUT2D eigenvalue weighted by molar-refractivity contribution is 5.91. The first-order chi connectivity index (χ1) is 12.7. The van der Waals surface area contributed by atoms with Gasteiger partial charge in [-0.05, 0) is 55.8 Å². The van der Waals surface area contributed by atoms with Crippen LogP contribution < -0.4 is 16.4 Å².